The van der Waals surface area contributed by atoms with Gasteiger partial charge in [0.25, 0.3) is 5.91 Å². The Morgan fingerprint density at radius 3 is 2.67 bits per heavy atom. The van der Waals surface area contributed by atoms with Gasteiger partial charge < -0.3 is 19.7 Å². The maximum absolute atomic E-state index is 12.2. The first-order chi connectivity index (χ1) is 13.2. The second-order valence-corrected chi connectivity index (χ2v) is 6.80. The molecule has 1 N–H and O–H groups in total. The fourth-order valence-electron chi connectivity index (χ4n) is 3.38. The predicted molar refractivity (Wildman–Crippen MR) is 108 cm³/mol. The minimum Gasteiger partial charge on any atom is -0.497 e. The minimum absolute atomic E-state index is 0.0927. The van der Waals surface area contributed by atoms with Crippen LogP contribution in [-0.2, 0) is 11.2 Å². The maximum Gasteiger partial charge on any atom is 0.260 e. The van der Waals surface area contributed by atoms with Crippen LogP contribution < -0.4 is 19.7 Å². The highest BCUT2D eigenvalue weighted by Gasteiger charge is 2.17. The number of para-hydroxylation sites is 1. The molecule has 1 atom stereocenters. The van der Waals surface area contributed by atoms with Crippen LogP contribution in [0.5, 0.6) is 11.5 Å². The largest absolute Gasteiger partial charge is 0.497 e. The molecule has 0 spiro atoms. The zero-order valence-corrected chi connectivity index (χ0v) is 16.1. The van der Waals surface area contributed by atoms with Crippen molar-refractivity contribution in [1.29, 1.82) is 0 Å². The van der Waals surface area contributed by atoms with Gasteiger partial charge >= 0.3 is 0 Å². The number of carbonyl (C=O) groups excluding carboxylic acids is 1. The summed E-state index contributed by atoms with van der Waals surface area (Å²) in [4.78, 5) is 14.7. The van der Waals surface area contributed by atoms with Crippen LogP contribution in [0.4, 0.5) is 5.69 Å². The van der Waals surface area contributed by atoms with Crippen molar-refractivity contribution < 1.29 is 14.3 Å². The van der Waals surface area contributed by atoms with E-state index in [1.165, 1.54) is 17.7 Å². The molecule has 1 heterocycles. The number of hydrogen-bond donors (Lipinski definition) is 1. The summed E-state index contributed by atoms with van der Waals surface area (Å²) in [6.45, 7) is 4.45. The van der Waals surface area contributed by atoms with Crippen LogP contribution in [0, 0.1) is 0 Å². The van der Waals surface area contributed by atoms with Gasteiger partial charge in [-0.3, -0.25) is 4.79 Å². The summed E-state index contributed by atoms with van der Waals surface area (Å²) in [5, 5.41) is 2.97. The first-order valence-corrected chi connectivity index (χ1v) is 9.58. The Bertz CT molecular complexity index is 745. The molecule has 0 saturated carbocycles. The van der Waals surface area contributed by atoms with E-state index in [0.29, 0.717) is 12.3 Å². The van der Waals surface area contributed by atoms with E-state index in [0.717, 1.165) is 31.7 Å². The van der Waals surface area contributed by atoms with Gasteiger partial charge in [0.1, 0.15) is 11.5 Å². The average molecular weight is 368 g/mol. The molecule has 5 heteroatoms. The summed E-state index contributed by atoms with van der Waals surface area (Å²) >= 11 is 0. The Morgan fingerprint density at radius 2 is 1.89 bits per heavy atom. The highest BCUT2D eigenvalue weighted by atomic mass is 16.5. The number of benzene rings is 2. The van der Waals surface area contributed by atoms with Crippen LogP contribution in [0.3, 0.4) is 0 Å². The molecule has 27 heavy (non-hydrogen) atoms. The fraction of sp³-hybridized carbons (Fsp3) is 0.409. The van der Waals surface area contributed by atoms with Crippen LogP contribution in [0.25, 0.3) is 0 Å². The number of nitrogens with zero attached hydrogens (tertiary/aromatic N) is 1. The van der Waals surface area contributed by atoms with E-state index < -0.39 is 6.10 Å². The molecule has 144 valence electrons. The molecule has 0 bridgehead atoms. The predicted octanol–water partition coefficient (Wildman–Crippen LogP) is 3.42. The first-order valence-electron chi connectivity index (χ1n) is 9.58. The molecule has 0 radical (unpaired) electrons. The van der Waals surface area contributed by atoms with Crippen LogP contribution in [0.2, 0.25) is 0 Å². The SMILES string of the molecule is COc1ccc(O[C@@H](C)C(=O)NCCCN2CCCc3ccccc32)cc1. The van der Waals surface area contributed by atoms with Crippen LogP contribution in [0.15, 0.2) is 48.5 Å². The molecule has 0 saturated heterocycles. The Kier molecular flexibility index (Phi) is 6.58. The quantitative estimate of drug-likeness (QED) is 0.726. The van der Waals surface area contributed by atoms with Gasteiger partial charge in [-0.2, -0.15) is 0 Å². The zero-order chi connectivity index (χ0) is 19.1. The fourth-order valence-corrected chi connectivity index (χ4v) is 3.38. The highest BCUT2D eigenvalue weighted by Crippen LogP contribution is 2.26. The van der Waals surface area contributed by atoms with E-state index in [2.05, 4.69) is 34.5 Å². The smallest absolute Gasteiger partial charge is 0.260 e. The van der Waals surface area contributed by atoms with E-state index in [1.54, 1.807) is 26.2 Å². The van der Waals surface area contributed by atoms with Gasteiger partial charge in [0.15, 0.2) is 6.10 Å². The van der Waals surface area contributed by atoms with Gasteiger partial charge in [-0.25, -0.2) is 0 Å². The summed E-state index contributed by atoms with van der Waals surface area (Å²) in [7, 11) is 1.62. The van der Waals surface area contributed by atoms with Crippen molar-refractivity contribution in [2.45, 2.75) is 32.3 Å². The lowest BCUT2D eigenvalue weighted by Gasteiger charge is -2.31. The summed E-state index contributed by atoms with van der Waals surface area (Å²) < 4.78 is 10.8. The summed E-state index contributed by atoms with van der Waals surface area (Å²) in [6, 6.07) is 15.8. The second-order valence-electron chi connectivity index (χ2n) is 6.80. The zero-order valence-electron chi connectivity index (χ0n) is 16.1. The molecule has 2 aromatic carbocycles. The van der Waals surface area contributed by atoms with Gasteiger partial charge in [0.2, 0.25) is 0 Å². The molecular formula is C22H28N2O3. The molecule has 0 aromatic heterocycles. The third-order valence-corrected chi connectivity index (χ3v) is 4.85. The van der Waals surface area contributed by atoms with Crippen molar-refractivity contribution in [2.75, 3.05) is 31.6 Å². The lowest BCUT2D eigenvalue weighted by Crippen LogP contribution is -2.38. The Balaban J connectivity index is 1.40. The van der Waals surface area contributed by atoms with Crippen molar-refractivity contribution in [3.63, 3.8) is 0 Å². The van der Waals surface area contributed by atoms with Gasteiger partial charge in [-0.05, 0) is 62.1 Å². The maximum atomic E-state index is 12.2. The number of ether oxygens (including phenoxy) is 2. The number of nitrogens with one attached hydrogen (secondary N) is 1. The molecule has 0 aliphatic carbocycles. The molecule has 5 nitrogen and oxygen atoms in total. The van der Waals surface area contributed by atoms with E-state index in [-0.39, 0.29) is 5.91 Å². The number of carbonyl (C=O) groups is 1. The molecule has 3 rings (SSSR count). The lowest BCUT2D eigenvalue weighted by atomic mass is 10.0. The van der Waals surface area contributed by atoms with Crippen molar-refractivity contribution in [3.05, 3.63) is 54.1 Å². The Labute approximate surface area is 161 Å². The van der Waals surface area contributed by atoms with Gasteiger partial charge in [0, 0.05) is 25.3 Å². The summed E-state index contributed by atoms with van der Waals surface area (Å²) in [5.41, 5.74) is 2.76. The number of rotatable bonds is 8. The number of aryl methyl sites for hydroxylation is 1. The van der Waals surface area contributed by atoms with Crippen LogP contribution >= 0.6 is 0 Å². The molecule has 0 unspecified atom stereocenters. The van der Waals surface area contributed by atoms with Crippen molar-refractivity contribution in [3.8, 4) is 11.5 Å². The summed E-state index contributed by atoms with van der Waals surface area (Å²) in [6.07, 6.45) is 2.73. The third kappa shape index (κ3) is 5.16. The molecule has 1 amide bonds. The number of anilines is 1. The molecular weight excluding hydrogens is 340 g/mol. The van der Waals surface area contributed by atoms with E-state index in [1.807, 2.05) is 12.1 Å². The van der Waals surface area contributed by atoms with Crippen molar-refractivity contribution in [1.82, 2.24) is 5.32 Å². The third-order valence-electron chi connectivity index (χ3n) is 4.85. The second kappa shape index (κ2) is 9.31. The average Bonchev–Trinajstić information content (AvgIpc) is 2.71. The Morgan fingerprint density at radius 1 is 1.15 bits per heavy atom. The van der Waals surface area contributed by atoms with Crippen LogP contribution in [0.1, 0.15) is 25.3 Å². The van der Waals surface area contributed by atoms with Crippen LogP contribution in [-0.4, -0.2) is 38.8 Å². The van der Waals surface area contributed by atoms with Gasteiger partial charge in [0.05, 0.1) is 7.11 Å². The minimum atomic E-state index is -0.533. The molecule has 1 aliphatic rings. The normalized spacial score (nSPS) is 14.2. The van der Waals surface area contributed by atoms with Crippen molar-refractivity contribution >= 4 is 11.6 Å². The first kappa shape index (κ1) is 19.1. The summed E-state index contributed by atoms with van der Waals surface area (Å²) in [5.74, 6) is 1.33. The Hall–Kier alpha value is -2.69. The molecule has 0 fully saturated rings. The van der Waals surface area contributed by atoms with E-state index in [9.17, 15) is 4.79 Å². The van der Waals surface area contributed by atoms with Gasteiger partial charge in [-0.1, -0.05) is 18.2 Å². The number of fused-ring (bicyclic) bond motifs is 1. The topological polar surface area (TPSA) is 50.8 Å². The van der Waals surface area contributed by atoms with Gasteiger partial charge in [-0.15, -0.1) is 0 Å². The molecule has 2 aromatic rings. The molecule has 1 aliphatic heterocycles. The van der Waals surface area contributed by atoms with E-state index >= 15 is 0 Å². The number of methoxy groups -OCH3 is 1. The van der Waals surface area contributed by atoms with Crippen molar-refractivity contribution in [2.24, 2.45) is 0 Å². The number of hydrogen-bond acceptors (Lipinski definition) is 4. The van der Waals surface area contributed by atoms with E-state index in [4.69, 9.17) is 9.47 Å². The lowest BCUT2D eigenvalue weighted by molar-refractivity contribution is -0.127. The highest BCUT2D eigenvalue weighted by molar-refractivity contribution is 5.80. The standard InChI is InChI=1S/C22H28N2O3/c1-17(27-20-12-10-19(26-2)11-13-20)22(25)23-14-6-16-24-15-5-8-18-7-3-4-9-21(18)24/h3-4,7,9-13,17H,5-6,8,14-16H2,1-2H3,(H,23,25)/t17-/m0/s1. The monoisotopic (exact) mass is 368 g/mol. The number of amides is 1.